The van der Waals surface area contributed by atoms with Crippen molar-refractivity contribution in [3.63, 3.8) is 0 Å². The number of carbonyl (C=O) groups excluding carboxylic acids is 3. The Balaban J connectivity index is 1.33. The summed E-state index contributed by atoms with van der Waals surface area (Å²) in [5.41, 5.74) is 4.41. The molecule has 0 spiro atoms. The highest BCUT2D eigenvalue weighted by atomic mass is 16.2. The number of fused-ring (bicyclic) bond motifs is 1. The number of aromatic nitrogens is 2. The van der Waals surface area contributed by atoms with Gasteiger partial charge in [0.1, 0.15) is 6.04 Å². The van der Waals surface area contributed by atoms with E-state index in [1.165, 1.54) is 11.1 Å². The lowest BCUT2D eigenvalue weighted by Gasteiger charge is -2.37. The van der Waals surface area contributed by atoms with Gasteiger partial charge in [-0.25, -0.2) is 0 Å². The number of likely N-dealkylation sites (N-methyl/N-ethyl adjacent to an activating group) is 2. The molecule has 0 radical (unpaired) electrons. The average Bonchev–Trinajstić information content (AvgIpc) is 3.62. The summed E-state index contributed by atoms with van der Waals surface area (Å²) < 4.78 is 1.82. The topological polar surface area (TPSA) is 103 Å². The van der Waals surface area contributed by atoms with E-state index in [2.05, 4.69) is 46.9 Å². The van der Waals surface area contributed by atoms with Crippen LogP contribution in [-0.2, 0) is 34.4 Å². The van der Waals surface area contributed by atoms with Crippen LogP contribution in [0.3, 0.4) is 0 Å². The Bertz CT molecular complexity index is 1470. The molecule has 2 aliphatic rings. The Hall–Kier alpha value is -3.76. The number of benzene rings is 2. The monoisotopic (exact) mass is 601 g/mol. The van der Waals surface area contributed by atoms with E-state index in [1.807, 2.05) is 62.2 Å². The van der Waals surface area contributed by atoms with E-state index in [9.17, 15) is 14.4 Å². The molecule has 0 bridgehead atoms. The number of piperidine rings is 1. The fourth-order valence-electron chi connectivity index (χ4n) is 6.59. The van der Waals surface area contributed by atoms with Gasteiger partial charge in [0.05, 0.1) is 23.7 Å². The quantitative estimate of drug-likeness (QED) is 0.370. The lowest BCUT2D eigenvalue weighted by atomic mass is 9.88. The van der Waals surface area contributed by atoms with Crippen LogP contribution in [0.2, 0.25) is 0 Å². The van der Waals surface area contributed by atoms with Crippen molar-refractivity contribution in [3.8, 4) is 0 Å². The van der Waals surface area contributed by atoms with Crippen molar-refractivity contribution in [2.75, 3.05) is 47.3 Å². The van der Waals surface area contributed by atoms with E-state index in [1.54, 1.807) is 9.80 Å². The summed E-state index contributed by atoms with van der Waals surface area (Å²) >= 11 is 0. The maximum absolute atomic E-state index is 14.3. The lowest BCUT2D eigenvalue weighted by Crippen LogP contribution is -2.59. The number of hydrogen-bond donors (Lipinski definition) is 2. The summed E-state index contributed by atoms with van der Waals surface area (Å²) in [5, 5.41) is 11.8. The molecule has 10 heteroatoms. The highest BCUT2D eigenvalue weighted by Gasteiger charge is 2.45. The van der Waals surface area contributed by atoms with Crippen molar-refractivity contribution in [2.24, 2.45) is 18.9 Å². The number of likely N-dealkylation sites (tertiary alicyclic amines) is 1. The van der Waals surface area contributed by atoms with Crippen LogP contribution >= 0.6 is 0 Å². The van der Waals surface area contributed by atoms with Gasteiger partial charge in [0.25, 0.3) is 0 Å². The molecule has 2 aromatic carbocycles. The maximum Gasteiger partial charge on any atom is 0.243 e. The molecule has 5 rings (SSSR count). The molecule has 3 amide bonds. The highest BCUT2D eigenvalue weighted by molar-refractivity contribution is 5.94. The summed E-state index contributed by atoms with van der Waals surface area (Å²) in [6.45, 7) is 4.95. The standard InChI is InChI=1S/C34H47N7O3/c1-23-8-10-24(11-9-23)17-26-19-30(32(42)36-20-25-12-13-29-27(18-25)21-37-40(29)5)41(22-26)34(44)31-28(7-6-14-35-31)33(43)39(4)16-15-38(2)3/h8-13,18,21,26,28,30-31,35H,6-7,14-17,19-20,22H2,1-5H3,(H,36,42)/t26-,28+,30+,31-/m1/s1. The van der Waals surface area contributed by atoms with Crippen molar-refractivity contribution < 1.29 is 14.4 Å². The Kier molecular flexibility index (Phi) is 10.0. The molecule has 2 N–H and O–H groups in total. The first kappa shape index (κ1) is 31.7. The number of aryl methyl sites for hydroxylation is 2. The first-order valence-corrected chi connectivity index (χ1v) is 15.8. The SMILES string of the molecule is Cc1ccc(C[C@@H]2C[C@@H](C(=O)NCc3ccc4c(cnn4C)c3)N(C(=O)[C@@H]3NCCC[C@@H]3C(=O)N(C)CCN(C)C)C2)cc1. The molecular weight excluding hydrogens is 554 g/mol. The largest absolute Gasteiger partial charge is 0.350 e. The molecule has 2 fully saturated rings. The molecular formula is C34H47N7O3. The molecule has 236 valence electrons. The Morgan fingerprint density at radius 1 is 1.05 bits per heavy atom. The Labute approximate surface area is 260 Å². The second kappa shape index (κ2) is 13.9. The number of carbonyl (C=O) groups is 3. The van der Waals surface area contributed by atoms with Gasteiger partial charge in [-0.2, -0.15) is 5.10 Å². The van der Waals surface area contributed by atoms with Crippen LogP contribution in [0.15, 0.2) is 48.7 Å². The number of hydrogen-bond acceptors (Lipinski definition) is 6. The minimum Gasteiger partial charge on any atom is -0.350 e. The van der Waals surface area contributed by atoms with Crippen LogP contribution < -0.4 is 10.6 Å². The zero-order chi connectivity index (χ0) is 31.4. The van der Waals surface area contributed by atoms with Gasteiger partial charge in [0.2, 0.25) is 17.7 Å². The highest BCUT2D eigenvalue weighted by Crippen LogP contribution is 2.30. The minimum atomic E-state index is -0.639. The Morgan fingerprint density at radius 2 is 1.80 bits per heavy atom. The van der Waals surface area contributed by atoms with E-state index in [4.69, 9.17) is 0 Å². The van der Waals surface area contributed by atoms with Gasteiger partial charge < -0.3 is 25.3 Å². The summed E-state index contributed by atoms with van der Waals surface area (Å²) in [6, 6.07) is 13.3. The summed E-state index contributed by atoms with van der Waals surface area (Å²) in [4.78, 5) is 47.1. The van der Waals surface area contributed by atoms with Crippen molar-refractivity contribution in [2.45, 2.75) is 51.2 Å². The molecule has 0 saturated carbocycles. The fraction of sp³-hybridized carbons (Fsp3) is 0.529. The zero-order valence-corrected chi connectivity index (χ0v) is 26.8. The van der Waals surface area contributed by atoms with Gasteiger partial charge in [-0.05, 0) is 82.4 Å². The Morgan fingerprint density at radius 3 is 2.55 bits per heavy atom. The number of rotatable bonds is 10. The normalized spacial score (nSPS) is 22.0. The van der Waals surface area contributed by atoms with Gasteiger partial charge in [0, 0.05) is 45.7 Å². The summed E-state index contributed by atoms with van der Waals surface area (Å²) in [6.07, 6.45) is 4.69. The van der Waals surface area contributed by atoms with Crippen molar-refractivity contribution in [3.05, 3.63) is 65.4 Å². The van der Waals surface area contributed by atoms with E-state index in [0.717, 1.165) is 35.9 Å². The van der Waals surface area contributed by atoms with Gasteiger partial charge in [0.15, 0.2) is 0 Å². The third kappa shape index (κ3) is 7.30. The molecule has 4 atom stereocenters. The van der Waals surface area contributed by atoms with E-state index in [0.29, 0.717) is 39.0 Å². The smallest absolute Gasteiger partial charge is 0.243 e. The van der Waals surface area contributed by atoms with Crippen molar-refractivity contribution >= 4 is 28.6 Å². The van der Waals surface area contributed by atoms with Crippen LogP contribution in [0.1, 0.15) is 36.0 Å². The molecule has 2 aliphatic heterocycles. The van der Waals surface area contributed by atoms with E-state index < -0.39 is 18.0 Å². The third-order valence-corrected chi connectivity index (χ3v) is 9.20. The predicted molar refractivity (Wildman–Crippen MR) is 172 cm³/mol. The van der Waals surface area contributed by atoms with E-state index in [-0.39, 0.29) is 23.6 Å². The number of nitrogens with one attached hydrogen (secondary N) is 2. The molecule has 3 aromatic rings. The second-order valence-corrected chi connectivity index (χ2v) is 12.9. The van der Waals surface area contributed by atoms with Crippen LogP contribution in [0.25, 0.3) is 10.9 Å². The van der Waals surface area contributed by atoms with Crippen LogP contribution in [0, 0.1) is 18.8 Å². The summed E-state index contributed by atoms with van der Waals surface area (Å²) in [7, 11) is 7.68. The van der Waals surface area contributed by atoms with Crippen molar-refractivity contribution in [1.29, 1.82) is 0 Å². The first-order valence-electron chi connectivity index (χ1n) is 15.8. The van der Waals surface area contributed by atoms with Crippen LogP contribution in [0.4, 0.5) is 0 Å². The first-order chi connectivity index (χ1) is 21.1. The van der Waals surface area contributed by atoms with Gasteiger partial charge in [-0.3, -0.25) is 19.1 Å². The van der Waals surface area contributed by atoms with Gasteiger partial charge in [-0.1, -0.05) is 35.9 Å². The van der Waals surface area contributed by atoms with E-state index >= 15 is 0 Å². The molecule has 1 aromatic heterocycles. The zero-order valence-electron chi connectivity index (χ0n) is 26.8. The molecule has 44 heavy (non-hydrogen) atoms. The number of amides is 3. The molecule has 2 saturated heterocycles. The maximum atomic E-state index is 14.3. The fourth-order valence-corrected chi connectivity index (χ4v) is 6.59. The summed E-state index contributed by atoms with van der Waals surface area (Å²) in [5.74, 6) is -0.621. The van der Waals surface area contributed by atoms with Crippen molar-refractivity contribution in [1.82, 2.24) is 35.1 Å². The average molecular weight is 602 g/mol. The van der Waals surface area contributed by atoms with Gasteiger partial charge in [-0.15, -0.1) is 0 Å². The molecule has 10 nitrogen and oxygen atoms in total. The second-order valence-electron chi connectivity index (χ2n) is 12.9. The van der Waals surface area contributed by atoms with Gasteiger partial charge >= 0.3 is 0 Å². The molecule has 0 unspecified atom stereocenters. The van der Waals surface area contributed by atoms with Crippen LogP contribution in [-0.4, -0.2) is 102 Å². The van der Waals surface area contributed by atoms with Crippen LogP contribution in [0.5, 0.6) is 0 Å². The predicted octanol–water partition coefficient (Wildman–Crippen LogP) is 2.35. The molecule has 3 heterocycles. The lowest BCUT2D eigenvalue weighted by molar-refractivity contribution is -0.146. The number of nitrogens with zero attached hydrogens (tertiary/aromatic N) is 5. The third-order valence-electron chi connectivity index (χ3n) is 9.20. The molecule has 0 aliphatic carbocycles. The minimum absolute atomic E-state index is 0.0143.